The van der Waals surface area contributed by atoms with E-state index in [0.29, 0.717) is 39.7 Å². The third-order valence-corrected chi connectivity index (χ3v) is 5.82. The maximum Gasteiger partial charge on any atom is 0.407 e. The fraction of sp³-hybridized carbons (Fsp3) is 0.400. The quantitative estimate of drug-likeness (QED) is 0.363. The second-order valence-corrected chi connectivity index (χ2v) is 10.1. The molecule has 0 bridgehead atoms. The van der Waals surface area contributed by atoms with E-state index in [1.165, 1.54) is 6.92 Å². The van der Waals surface area contributed by atoms with Gasteiger partial charge in [-0.2, -0.15) is 0 Å². The summed E-state index contributed by atoms with van der Waals surface area (Å²) in [6.07, 6.45) is 3.78. The first-order valence-electron chi connectivity index (χ1n) is 11.5. The average Bonchev–Trinajstić information content (AvgIpc) is 3.26. The minimum atomic E-state index is -0.395. The Balaban J connectivity index is 1.43. The number of nitrogens with one attached hydrogen (secondary N) is 2. The minimum Gasteiger partial charge on any atom is -0.449 e. The Bertz CT molecular complexity index is 1240. The summed E-state index contributed by atoms with van der Waals surface area (Å²) in [5, 5.41) is 6.40. The number of hydrogen-bond donors (Lipinski definition) is 2. The Morgan fingerprint density at radius 1 is 1.17 bits per heavy atom. The summed E-state index contributed by atoms with van der Waals surface area (Å²) in [4.78, 5) is 39.6. The topological polar surface area (TPSA) is 109 Å². The van der Waals surface area contributed by atoms with Crippen LogP contribution in [-0.4, -0.2) is 52.1 Å². The van der Waals surface area contributed by atoms with E-state index in [1.807, 2.05) is 32.9 Å². The van der Waals surface area contributed by atoms with Crippen molar-refractivity contribution >= 4 is 51.7 Å². The predicted octanol–water partition coefficient (Wildman–Crippen LogP) is 4.98. The third-order valence-electron chi connectivity index (χ3n) is 5.61. The van der Waals surface area contributed by atoms with Crippen LogP contribution in [0.3, 0.4) is 0 Å². The van der Waals surface area contributed by atoms with Gasteiger partial charge in [-0.1, -0.05) is 11.6 Å². The zero-order valence-corrected chi connectivity index (χ0v) is 21.0. The first-order valence-corrected chi connectivity index (χ1v) is 11.9. The molecule has 1 amide bonds. The molecule has 4 heterocycles. The van der Waals surface area contributed by atoms with E-state index in [1.54, 1.807) is 24.5 Å². The summed E-state index contributed by atoms with van der Waals surface area (Å²) in [5.74, 6) is 0.956. The highest BCUT2D eigenvalue weighted by Crippen LogP contribution is 2.30. The normalized spacial score (nSPS) is 15.8. The number of pyridine rings is 3. The molecule has 10 heteroatoms. The standard InChI is InChI=1S/C25H29ClN6O3/c1-15(33)18-12-27-19-6-7-20(26)30-23(19)22(18)29-17-5-8-21(28-11-17)32-10-9-16(13-32)14-35-24(34)31-25(2,3)4/h5-8,11-12,16H,9-10,13-14H2,1-4H3,(H,27,29)(H,31,34). The van der Waals surface area contributed by atoms with Gasteiger partial charge in [0.15, 0.2) is 5.78 Å². The molecule has 1 aliphatic heterocycles. The van der Waals surface area contributed by atoms with E-state index < -0.39 is 6.09 Å². The van der Waals surface area contributed by atoms with Gasteiger partial charge in [-0.3, -0.25) is 9.78 Å². The molecule has 3 aromatic heterocycles. The number of Topliss-reactive ketones (excluding diaryl/α,β-unsaturated/α-hetero) is 1. The highest BCUT2D eigenvalue weighted by Gasteiger charge is 2.25. The van der Waals surface area contributed by atoms with Gasteiger partial charge < -0.3 is 20.3 Å². The highest BCUT2D eigenvalue weighted by molar-refractivity contribution is 6.30. The van der Waals surface area contributed by atoms with Crippen LogP contribution in [0.1, 0.15) is 44.5 Å². The number of carbonyl (C=O) groups is 2. The first-order chi connectivity index (χ1) is 16.6. The van der Waals surface area contributed by atoms with Gasteiger partial charge in [0.2, 0.25) is 0 Å². The average molecular weight is 497 g/mol. The molecule has 3 aromatic rings. The Morgan fingerprint density at radius 2 is 1.97 bits per heavy atom. The fourth-order valence-corrected chi connectivity index (χ4v) is 4.09. The Hall–Kier alpha value is -3.46. The van der Waals surface area contributed by atoms with Gasteiger partial charge >= 0.3 is 6.09 Å². The van der Waals surface area contributed by atoms with E-state index in [4.69, 9.17) is 16.3 Å². The molecule has 35 heavy (non-hydrogen) atoms. The summed E-state index contributed by atoms with van der Waals surface area (Å²) >= 11 is 6.10. The molecular weight excluding hydrogens is 468 g/mol. The molecule has 0 aromatic carbocycles. The molecule has 1 fully saturated rings. The number of hydrogen-bond acceptors (Lipinski definition) is 8. The predicted molar refractivity (Wildman–Crippen MR) is 137 cm³/mol. The monoisotopic (exact) mass is 496 g/mol. The van der Waals surface area contributed by atoms with Crippen LogP contribution in [-0.2, 0) is 4.74 Å². The number of rotatable bonds is 6. The van der Waals surface area contributed by atoms with Crippen LogP contribution in [0.4, 0.5) is 22.0 Å². The second-order valence-electron chi connectivity index (χ2n) is 9.71. The second kappa shape index (κ2) is 10.0. The van der Waals surface area contributed by atoms with Gasteiger partial charge in [-0.15, -0.1) is 0 Å². The molecule has 1 saturated heterocycles. The van der Waals surface area contributed by atoms with Crippen LogP contribution in [0.5, 0.6) is 0 Å². The molecule has 2 N–H and O–H groups in total. The van der Waals surface area contributed by atoms with Gasteiger partial charge in [-0.05, 0) is 58.4 Å². The van der Waals surface area contributed by atoms with Crippen molar-refractivity contribution in [3.8, 4) is 0 Å². The smallest absolute Gasteiger partial charge is 0.407 e. The number of ether oxygens (including phenoxy) is 1. The van der Waals surface area contributed by atoms with Gasteiger partial charge in [0.05, 0.1) is 35.3 Å². The van der Waals surface area contributed by atoms with Crippen LogP contribution in [0.2, 0.25) is 5.15 Å². The van der Waals surface area contributed by atoms with Crippen molar-refractivity contribution in [3.63, 3.8) is 0 Å². The van der Waals surface area contributed by atoms with Crippen LogP contribution in [0.15, 0.2) is 36.7 Å². The van der Waals surface area contributed by atoms with Crippen LogP contribution in [0, 0.1) is 5.92 Å². The summed E-state index contributed by atoms with van der Waals surface area (Å²) in [7, 11) is 0. The lowest BCUT2D eigenvalue weighted by molar-refractivity contribution is 0.101. The number of anilines is 3. The van der Waals surface area contributed by atoms with Crippen molar-refractivity contribution in [1.29, 1.82) is 0 Å². The van der Waals surface area contributed by atoms with E-state index in [9.17, 15) is 9.59 Å². The van der Waals surface area contributed by atoms with Crippen LogP contribution >= 0.6 is 11.6 Å². The van der Waals surface area contributed by atoms with E-state index in [2.05, 4.69) is 30.5 Å². The number of fused-ring (bicyclic) bond motifs is 1. The van der Waals surface area contributed by atoms with Crippen molar-refractivity contribution in [1.82, 2.24) is 20.3 Å². The van der Waals surface area contributed by atoms with Crippen molar-refractivity contribution in [2.75, 3.05) is 29.9 Å². The van der Waals surface area contributed by atoms with Gasteiger partial charge in [0.1, 0.15) is 16.5 Å². The number of nitrogens with zero attached hydrogens (tertiary/aromatic N) is 4. The van der Waals surface area contributed by atoms with Crippen LogP contribution < -0.4 is 15.5 Å². The van der Waals surface area contributed by atoms with E-state index in [0.717, 1.165) is 25.3 Å². The minimum absolute atomic E-state index is 0.130. The van der Waals surface area contributed by atoms with E-state index >= 15 is 0 Å². The molecule has 1 atom stereocenters. The molecule has 9 nitrogen and oxygen atoms in total. The third kappa shape index (κ3) is 6.16. The lowest BCUT2D eigenvalue weighted by Crippen LogP contribution is -2.41. The van der Waals surface area contributed by atoms with Crippen molar-refractivity contribution in [2.24, 2.45) is 5.92 Å². The Kier molecular flexibility index (Phi) is 7.07. The zero-order chi connectivity index (χ0) is 25.2. The summed E-state index contributed by atoms with van der Waals surface area (Å²) in [6.45, 7) is 9.20. The Morgan fingerprint density at radius 3 is 2.66 bits per heavy atom. The van der Waals surface area contributed by atoms with Crippen molar-refractivity contribution < 1.29 is 14.3 Å². The van der Waals surface area contributed by atoms with Gasteiger partial charge in [-0.25, -0.2) is 14.8 Å². The fourth-order valence-electron chi connectivity index (χ4n) is 3.94. The van der Waals surface area contributed by atoms with Crippen molar-refractivity contribution in [3.05, 3.63) is 47.4 Å². The summed E-state index contributed by atoms with van der Waals surface area (Å²) in [5.41, 5.74) is 2.51. The summed E-state index contributed by atoms with van der Waals surface area (Å²) in [6, 6.07) is 7.26. The SMILES string of the molecule is CC(=O)c1cnc2ccc(Cl)nc2c1Nc1ccc(N2CCC(COC(=O)NC(C)(C)C)C2)nc1. The summed E-state index contributed by atoms with van der Waals surface area (Å²) < 4.78 is 5.39. The maximum absolute atomic E-state index is 12.2. The largest absolute Gasteiger partial charge is 0.449 e. The zero-order valence-electron chi connectivity index (χ0n) is 20.3. The Labute approximate surface area is 209 Å². The molecule has 1 aliphatic rings. The number of alkyl carbamates (subject to hydrolysis) is 1. The lowest BCUT2D eigenvalue weighted by Gasteiger charge is -2.21. The molecule has 0 spiro atoms. The maximum atomic E-state index is 12.2. The van der Waals surface area contributed by atoms with Gasteiger partial charge in [0.25, 0.3) is 0 Å². The highest BCUT2D eigenvalue weighted by atomic mass is 35.5. The molecule has 1 unspecified atom stereocenters. The molecule has 184 valence electrons. The molecule has 0 radical (unpaired) electrons. The van der Waals surface area contributed by atoms with E-state index in [-0.39, 0.29) is 17.2 Å². The number of aromatic nitrogens is 3. The van der Waals surface area contributed by atoms with Crippen molar-refractivity contribution in [2.45, 2.75) is 39.7 Å². The van der Waals surface area contributed by atoms with Gasteiger partial charge in [0, 0.05) is 30.7 Å². The number of carbonyl (C=O) groups excluding carboxylic acids is 2. The molecule has 0 saturated carbocycles. The molecule has 4 rings (SSSR count). The van der Waals surface area contributed by atoms with Crippen LogP contribution in [0.25, 0.3) is 11.0 Å². The first kappa shape index (κ1) is 24.7. The number of ketones is 1. The number of amides is 1. The lowest BCUT2D eigenvalue weighted by atomic mass is 10.1. The molecular formula is C25H29ClN6O3. The molecule has 0 aliphatic carbocycles. The number of halogens is 1.